The van der Waals surface area contributed by atoms with Crippen molar-refractivity contribution < 1.29 is 8.78 Å². The smallest absolute Gasteiger partial charge is 0.147 e. The molecule has 1 aromatic rings. The standard InChI is InChI=1S/C21H25F2N/c1-2-3-4-14-5-7-15(8-6-14)16-9-10-18-17(11-16)12-20(22)19(13-24)21(18)23/h2,12,14-16H,1,3-11H2. The third-order valence-corrected chi connectivity index (χ3v) is 6.11. The Morgan fingerprint density at radius 2 is 1.92 bits per heavy atom. The lowest BCUT2D eigenvalue weighted by molar-refractivity contribution is 0.184. The van der Waals surface area contributed by atoms with Gasteiger partial charge in [-0.15, -0.1) is 6.58 Å². The van der Waals surface area contributed by atoms with Crippen LogP contribution in [0, 0.1) is 40.7 Å². The van der Waals surface area contributed by atoms with Gasteiger partial charge in [0, 0.05) is 0 Å². The average Bonchev–Trinajstić information content (AvgIpc) is 2.60. The highest BCUT2D eigenvalue weighted by atomic mass is 19.1. The summed E-state index contributed by atoms with van der Waals surface area (Å²) in [5.41, 5.74) is 0.938. The molecule has 0 bridgehead atoms. The van der Waals surface area contributed by atoms with E-state index in [1.165, 1.54) is 38.2 Å². The van der Waals surface area contributed by atoms with E-state index in [1.807, 2.05) is 6.08 Å². The maximum Gasteiger partial charge on any atom is 0.147 e. The monoisotopic (exact) mass is 329 g/mol. The number of hydrogen-bond acceptors (Lipinski definition) is 1. The predicted molar refractivity (Wildman–Crippen MR) is 91.5 cm³/mol. The largest absolute Gasteiger partial charge is 0.205 e. The minimum Gasteiger partial charge on any atom is -0.205 e. The number of hydrogen-bond donors (Lipinski definition) is 0. The molecule has 1 saturated carbocycles. The number of nitrogens with zero attached hydrogens (tertiary/aromatic N) is 1. The molecule has 1 nitrogen and oxygen atoms in total. The summed E-state index contributed by atoms with van der Waals surface area (Å²) in [6, 6.07) is 3.05. The summed E-state index contributed by atoms with van der Waals surface area (Å²) in [6.45, 7) is 3.80. The average molecular weight is 329 g/mol. The highest BCUT2D eigenvalue weighted by molar-refractivity contribution is 5.42. The number of benzene rings is 1. The Balaban J connectivity index is 1.66. The van der Waals surface area contributed by atoms with E-state index in [4.69, 9.17) is 5.26 Å². The van der Waals surface area contributed by atoms with Gasteiger partial charge in [0.05, 0.1) is 0 Å². The second kappa shape index (κ2) is 7.47. The van der Waals surface area contributed by atoms with Crippen LogP contribution in [0.1, 0.15) is 61.6 Å². The molecule has 0 heterocycles. The van der Waals surface area contributed by atoms with Gasteiger partial charge in [0.1, 0.15) is 23.3 Å². The maximum absolute atomic E-state index is 14.3. The highest BCUT2D eigenvalue weighted by Crippen LogP contribution is 2.41. The summed E-state index contributed by atoms with van der Waals surface area (Å²) >= 11 is 0. The first-order valence-electron chi connectivity index (χ1n) is 9.14. The summed E-state index contributed by atoms with van der Waals surface area (Å²) in [4.78, 5) is 0. The maximum atomic E-state index is 14.3. The molecule has 24 heavy (non-hydrogen) atoms. The Bertz CT molecular complexity index is 651. The van der Waals surface area contributed by atoms with Crippen LogP contribution >= 0.6 is 0 Å². The second-order valence-electron chi connectivity index (χ2n) is 7.45. The third-order valence-electron chi connectivity index (χ3n) is 6.11. The Morgan fingerprint density at radius 3 is 2.58 bits per heavy atom. The van der Waals surface area contributed by atoms with Crippen molar-refractivity contribution in [2.24, 2.45) is 17.8 Å². The van der Waals surface area contributed by atoms with Gasteiger partial charge in [-0.1, -0.05) is 18.9 Å². The van der Waals surface area contributed by atoms with Gasteiger partial charge in [0.2, 0.25) is 0 Å². The van der Waals surface area contributed by atoms with Crippen LogP contribution in [0.3, 0.4) is 0 Å². The quantitative estimate of drug-likeness (QED) is 0.649. The van der Waals surface area contributed by atoms with Gasteiger partial charge in [-0.05, 0) is 79.9 Å². The molecule has 0 aromatic heterocycles. The summed E-state index contributed by atoms with van der Waals surface area (Å²) in [5.74, 6) is 0.703. The molecule has 128 valence electrons. The molecule has 2 aliphatic carbocycles. The van der Waals surface area contributed by atoms with Gasteiger partial charge in [0.25, 0.3) is 0 Å². The third kappa shape index (κ3) is 3.38. The molecule has 0 amide bonds. The van der Waals surface area contributed by atoms with Crippen LogP contribution in [0.4, 0.5) is 8.78 Å². The number of halogens is 2. The SMILES string of the molecule is C=CCCC1CCC(C2CCc3c(cc(F)c(C#N)c3F)C2)CC1. The lowest BCUT2D eigenvalue weighted by atomic mass is 9.69. The van der Waals surface area contributed by atoms with E-state index in [-0.39, 0.29) is 0 Å². The fourth-order valence-corrected chi connectivity index (χ4v) is 4.68. The lowest BCUT2D eigenvalue weighted by Gasteiger charge is -2.36. The summed E-state index contributed by atoms with van der Waals surface area (Å²) in [7, 11) is 0. The van der Waals surface area contributed by atoms with Crippen LogP contribution in [0.15, 0.2) is 18.7 Å². The van der Waals surface area contributed by atoms with Crippen molar-refractivity contribution in [1.82, 2.24) is 0 Å². The van der Waals surface area contributed by atoms with Crippen molar-refractivity contribution in [3.8, 4) is 6.07 Å². The zero-order valence-corrected chi connectivity index (χ0v) is 14.2. The van der Waals surface area contributed by atoms with E-state index >= 15 is 0 Å². The van der Waals surface area contributed by atoms with E-state index in [0.29, 0.717) is 23.8 Å². The zero-order valence-electron chi connectivity index (χ0n) is 14.2. The zero-order chi connectivity index (χ0) is 17.1. The predicted octanol–water partition coefficient (Wildman–Crippen LogP) is 5.71. The Morgan fingerprint density at radius 1 is 1.17 bits per heavy atom. The van der Waals surface area contributed by atoms with Crippen molar-refractivity contribution in [1.29, 1.82) is 5.26 Å². The Kier molecular flexibility index (Phi) is 5.33. The minimum absolute atomic E-state index is 0.421. The molecule has 0 spiro atoms. The molecule has 1 atom stereocenters. The fraction of sp³-hybridized carbons (Fsp3) is 0.571. The van der Waals surface area contributed by atoms with Crippen LogP contribution in [-0.4, -0.2) is 0 Å². The summed E-state index contributed by atoms with van der Waals surface area (Å²) < 4.78 is 28.2. The molecule has 3 heteroatoms. The molecule has 0 saturated heterocycles. The molecular weight excluding hydrogens is 304 g/mol. The van der Waals surface area contributed by atoms with E-state index in [2.05, 4.69) is 6.58 Å². The van der Waals surface area contributed by atoms with Crippen molar-refractivity contribution in [3.05, 3.63) is 47.0 Å². The van der Waals surface area contributed by atoms with E-state index in [1.54, 1.807) is 6.07 Å². The normalized spacial score (nSPS) is 26.5. The van der Waals surface area contributed by atoms with Crippen molar-refractivity contribution in [2.75, 3.05) is 0 Å². The Hall–Kier alpha value is -1.69. The van der Waals surface area contributed by atoms with Gasteiger partial charge < -0.3 is 0 Å². The van der Waals surface area contributed by atoms with Gasteiger partial charge in [-0.2, -0.15) is 5.26 Å². The molecule has 0 radical (unpaired) electrons. The van der Waals surface area contributed by atoms with Crippen LogP contribution < -0.4 is 0 Å². The molecular formula is C21H25F2N. The van der Waals surface area contributed by atoms with Crippen LogP contribution in [-0.2, 0) is 12.8 Å². The Labute approximate surface area is 143 Å². The van der Waals surface area contributed by atoms with Crippen molar-refractivity contribution >= 4 is 0 Å². The molecule has 3 rings (SSSR count). The second-order valence-corrected chi connectivity index (χ2v) is 7.45. The first-order chi connectivity index (χ1) is 11.6. The van der Waals surface area contributed by atoms with Crippen LogP contribution in [0.5, 0.6) is 0 Å². The van der Waals surface area contributed by atoms with Gasteiger partial charge >= 0.3 is 0 Å². The van der Waals surface area contributed by atoms with Crippen molar-refractivity contribution in [3.63, 3.8) is 0 Å². The van der Waals surface area contributed by atoms with Gasteiger partial charge in [-0.3, -0.25) is 0 Å². The molecule has 0 aliphatic heterocycles. The topological polar surface area (TPSA) is 23.8 Å². The van der Waals surface area contributed by atoms with E-state index in [0.717, 1.165) is 30.7 Å². The van der Waals surface area contributed by atoms with Gasteiger partial charge in [0.15, 0.2) is 0 Å². The summed E-state index contributed by atoms with van der Waals surface area (Å²) in [6.07, 6.45) is 11.7. The lowest BCUT2D eigenvalue weighted by Crippen LogP contribution is -2.27. The number of nitriles is 1. The van der Waals surface area contributed by atoms with Crippen LogP contribution in [0.2, 0.25) is 0 Å². The van der Waals surface area contributed by atoms with Crippen LogP contribution in [0.25, 0.3) is 0 Å². The summed E-state index contributed by atoms with van der Waals surface area (Å²) in [5, 5.41) is 8.91. The van der Waals surface area contributed by atoms with E-state index in [9.17, 15) is 8.78 Å². The van der Waals surface area contributed by atoms with E-state index < -0.39 is 17.2 Å². The fourth-order valence-electron chi connectivity index (χ4n) is 4.68. The highest BCUT2D eigenvalue weighted by Gasteiger charge is 2.32. The van der Waals surface area contributed by atoms with Crippen molar-refractivity contribution in [2.45, 2.75) is 57.8 Å². The number of allylic oxidation sites excluding steroid dienone is 1. The number of fused-ring (bicyclic) bond motifs is 1. The first kappa shape index (κ1) is 17.1. The first-order valence-corrected chi connectivity index (χ1v) is 9.14. The number of rotatable bonds is 4. The molecule has 1 unspecified atom stereocenters. The molecule has 0 N–H and O–H groups in total. The molecule has 1 fully saturated rings. The molecule has 1 aromatic carbocycles. The molecule has 2 aliphatic rings. The van der Waals surface area contributed by atoms with Gasteiger partial charge in [-0.25, -0.2) is 8.78 Å². The minimum atomic E-state index is -0.706.